The van der Waals surface area contributed by atoms with Crippen molar-refractivity contribution in [2.75, 3.05) is 18.4 Å². The first kappa shape index (κ1) is 23.1. The predicted molar refractivity (Wildman–Crippen MR) is 129 cm³/mol. The van der Waals surface area contributed by atoms with Crippen LogP contribution in [0.4, 0.5) is 11.5 Å². The number of amides is 1. The van der Waals surface area contributed by atoms with Gasteiger partial charge in [-0.25, -0.2) is 23.1 Å². The number of fused-ring (bicyclic) bond motifs is 1. The van der Waals surface area contributed by atoms with Gasteiger partial charge in [-0.3, -0.25) is 4.79 Å². The standard InChI is InChI=1S/C24H29N5O3S/c1-3-6-24(30)29-13-11-18(12-14-29)28-33(31,32)22-10-9-21(19-7-4-5-8-20(19)22)27-23-15-17(2)25-16-26-23/h4-5,7-10,15-16,18,28H,3,6,11-14H2,1-2H3,(H,25,26,27). The Labute approximate surface area is 194 Å². The molecule has 8 nitrogen and oxygen atoms in total. The Morgan fingerprint density at radius 2 is 1.82 bits per heavy atom. The molecular weight excluding hydrogens is 438 g/mol. The number of carbonyl (C=O) groups is 1. The smallest absolute Gasteiger partial charge is 0.241 e. The molecular formula is C24H29N5O3S. The molecule has 1 aliphatic heterocycles. The van der Waals surface area contributed by atoms with Crippen molar-refractivity contribution in [2.24, 2.45) is 0 Å². The van der Waals surface area contributed by atoms with Crippen LogP contribution in [0, 0.1) is 6.92 Å². The highest BCUT2D eigenvalue weighted by Crippen LogP contribution is 2.31. The lowest BCUT2D eigenvalue weighted by molar-refractivity contribution is -0.132. The summed E-state index contributed by atoms with van der Waals surface area (Å²) in [7, 11) is -3.74. The van der Waals surface area contributed by atoms with Crippen LogP contribution in [-0.2, 0) is 14.8 Å². The van der Waals surface area contributed by atoms with E-state index < -0.39 is 10.0 Å². The highest BCUT2D eigenvalue weighted by Gasteiger charge is 2.27. The normalized spacial score (nSPS) is 15.0. The molecule has 174 valence electrons. The summed E-state index contributed by atoms with van der Waals surface area (Å²) in [5.74, 6) is 0.789. The van der Waals surface area contributed by atoms with Crippen LogP contribution in [0.2, 0.25) is 0 Å². The predicted octanol–water partition coefficient (Wildman–Crippen LogP) is 3.75. The molecule has 3 aromatic rings. The Kier molecular flexibility index (Phi) is 6.90. The number of rotatable bonds is 7. The average molecular weight is 468 g/mol. The van der Waals surface area contributed by atoms with Crippen LogP contribution in [-0.4, -0.2) is 48.3 Å². The number of nitrogens with one attached hydrogen (secondary N) is 2. The zero-order valence-corrected chi connectivity index (χ0v) is 19.7. The van der Waals surface area contributed by atoms with Gasteiger partial charge in [0.1, 0.15) is 12.1 Å². The van der Waals surface area contributed by atoms with Gasteiger partial charge >= 0.3 is 0 Å². The molecule has 33 heavy (non-hydrogen) atoms. The molecule has 0 bridgehead atoms. The lowest BCUT2D eigenvalue weighted by Crippen LogP contribution is -2.46. The fourth-order valence-corrected chi connectivity index (χ4v) is 5.69. The van der Waals surface area contributed by atoms with Gasteiger partial charge in [0.05, 0.1) is 4.90 Å². The molecule has 4 rings (SSSR count). The van der Waals surface area contributed by atoms with Gasteiger partial charge in [0.25, 0.3) is 0 Å². The van der Waals surface area contributed by atoms with E-state index in [4.69, 9.17) is 0 Å². The Hall–Kier alpha value is -3.04. The van der Waals surface area contributed by atoms with Crippen molar-refractivity contribution < 1.29 is 13.2 Å². The first-order valence-corrected chi connectivity index (χ1v) is 12.7. The lowest BCUT2D eigenvalue weighted by atomic mass is 10.1. The van der Waals surface area contributed by atoms with Crippen LogP contribution in [0.1, 0.15) is 38.3 Å². The molecule has 0 aliphatic carbocycles. The topological polar surface area (TPSA) is 104 Å². The van der Waals surface area contributed by atoms with Crippen LogP contribution in [0.5, 0.6) is 0 Å². The fourth-order valence-electron chi connectivity index (χ4n) is 4.18. The third kappa shape index (κ3) is 5.31. The Morgan fingerprint density at radius 1 is 1.09 bits per heavy atom. The van der Waals surface area contributed by atoms with Crippen molar-refractivity contribution in [3.05, 3.63) is 54.5 Å². The zero-order valence-electron chi connectivity index (χ0n) is 18.9. The molecule has 2 N–H and O–H groups in total. The molecule has 0 saturated carbocycles. The lowest BCUT2D eigenvalue weighted by Gasteiger charge is -2.32. The molecule has 1 aliphatic rings. The van der Waals surface area contributed by atoms with Crippen molar-refractivity contribution in [1.29, 1.82) is 0 Å². The summed E-state index contributed by atoms with van der Waals surface area (Å²) >= 11 is 0. The zero-order chi connectivity index (χ0) is 23.4. The van der Waals surface area contributed by atoms with Crippen molar-refractivity contribution in [3.8, 4) is 0 Å². The van der Waals surface area contributed by atoms with E-state index in [0.29, 0.717) is 43.6 Å². The summed E-state index contributed by atoms with van der Waals surface area (Å²) in [5.41, 5.74) is 1.60. The highest BCUT2D eigenvalue weighted by molar-refractivity contribution is 7.89. The van der Waals surface area contributed by atoms with Gasteiger partial charge < -0.3 is 10.2 Å². The Bertz CT molecular complexity index is 1250. The summed E-state index contributed by atoms with van der Waals surface area (Å²) in [6, 6.07) is 12.4. The first-order valence-electron chi connectivity index (χ1n) is 11.2. The number of sulfonamides is 1. The van der Waals surface area contributed by atoms with Crippen molar-refractivity contribution in [1.82, 2.24) is 19.6 Å². The summed E-state index contributed by atoms with van der Waals surface area (Å²) in [6.07, 6.45) is 4.07. The minimum Gasteiger partial charge on any atom is -0.343 e. The average Bonchev–Trinajstić information content (AvgIpc) is 2.79. The molecule has 1 amide bonds. The number of aromatic nitrogens is 2. The summed E-state index contributed by atoms with van der Waals surface area (Å²) in [6.45, 7) is 5.02. The molecule has 2 aromatic carbocycles. The molecule has 9 heteroatoms. The van der Waals surface area contributed by atoms with Crippen LogP contribution in [0.15, 0.2) is 53.7 Å². The maximum Gasteiger partial charge on any atom is 0.241 e. The molecule has 0 radical (unpaired) electrons. The van der Waals surface area contributed by atoms with Crippen LogP contribution >= 0.6 is 0 Å². The number of carbonyl (C=O) groups excluding carboxylic acids is 1. The van der Waals surface area contributed by atoms with Gasteiger partial charge in [0, 0.05) is 53.8 Å². The molecule has 1 fully saturated rings. The second-order valence-electron chi connectivity index (χ2n) is 8.35. The second-order valence-corrected chi connectivity index (χ2v) is 10.0. The van der Waals surface area contributed by atoms with Gasteiger partial charge in [-0.15, -0.1) is 0 Å². The Balaban J connectivity index is 1.55. The van der Waals surface area contributed by atoms with E-state index in [1.807, 2.05) is 49.1 Å². The number of anilines is 2. The van der Waals surface area contributed by atoms with Crippen molar-refractivity contribution in [3.63, 3.8) is 0 Å². The summed E-state index contributed by atoms with van der Waals surface area (Å²) in [4.78, 5) is 22.5. The quantitative estimate of drug-likeness (QED) is 0.548. The van der Waals surface area contributed by atoms with E-state index >= 15 is 0 Å². The molecule has 1 saturated heterocycles. The van der Waals surface area contributed by atoms with Gasteiger partial charge in [0.15, 0.2) is 0 Å². The number of nitrogens with zero attached hydrogens (tertiary/aromatic N) is 3. The van der Waals surface area contributed by atoms with Crippen LogP contribution in [0.25, 0.3) is 10.8 Å². The number of hydrogen-bond donors (Lipinski definition) is 2. The van der Waals surface area contributed by atoms with E-state index in [-0.39, 0.29) is 16.8 Å². The first-order chi connectivity index (χ1) is 15.9. The van der Waals surface area contributed by atoms with Crippen LogP contribution < -0.4 is 10.0 Å². The maximum atomic E-state index is 13.3. The van der Waals surface area contributed by atoms with Crippen molar-refractivity contribution in [2.45, 2.75) is 50.5 Å². The van der Waals surface area contributed by atoms with Crippen molar-refractivity contribution >= 4 is 38.2 Å². The molecule has 0 spiro atoms. The summed E-state index contributed by atoms with van der Waals surface area (Å²) in [5, 5.41) is 4.69. The van der Waals surface area contributed by atoms with Gasteiger partial charge in [-0.1, -0.05) is 31.2 Å². The van der Waals surface area contributed by atoms with E-state index in [1.165, 1.54) is 6.33 Å². The van der Waals surface area contributed by atoms with Gasteiger partial charge in [-0.2, -0.15) is 0 Å². The number of hydrogen-bond acceptors (Lipinski definition) is 6. The van der Waals surface area contributed by atoms with E-state index in [1.54, 1.807) is 12.1 Å². The monoisotopic (exact) mass is 467 g/mol. The second kappa shape index (κ2) is 9.84. The van der Waals surface area contributed by atoms with E-state index in [0.717, 1.165) is 23.2 Å². The number of likely N-dealkylation sites (tertiary alicyclic amines) is 1. The van der Waals surface area contributed by atoms with E-state index in [2.05, 4.69) is 20.0 Å². The number of benzene rings is 2. The minimum absolute atomic E-state index is 0.145. The fraction of sp³-hybridized carbons (Fsp3) is 0.375. The van der Waals surface area contributed by atoms with E-state index in [9.17, 15) is 13.2 Å². The third-order valence-electron chi connectivity index (χ3n) is 5.87. The largest absolute Gasteiger partial charge is 0.343 e. The maximum absolute atomic E-state index is 13.3. The van der Waals surface area contributed by atoms with Crippen LogP contribution in [0.3, 0.4) is 0 Å². The third-order valence-corrected chi connectivity index (χ3v) is 7.45. The molecule has 0 unspecified atom stereocenters. The number of aryl methyl sites for hydroxylation is 1. The van der Waals surface area contributed by atoms with Gasteiger partial charge in [0.2, 0.25) is 15.9 Å². The molecule has 1 aromatic heterocycles. The summed E-state index contributed by atoms with van der Waals surface area (Å²) < 4.78 is 29.5. The highest BCUT2D eigenvalue weighted by atomic mass is 32.2. The number of piperidine rings is 1. The molecule has 2 heterocycles. The minimum atomic E-state index is -3.74. The molecule has 0 atom stereocenters. The Morgan fingerprint density at radius 3 is 2.52 bits per heavy atom. The van der Waals surface area contributed by atoms with Gasteiger partial charge in [-0.05, 0) is 38.3 Å². The SMILES string of the molecule is CCCC(=O)N1CCC(NS(=O)(=O)c2ccc(Nc3cc(C)ncn3)c3ccccc23)CC1.